The SMILES string of the molecule is Cc1ccc(NC(=O)c2ccc(F)c(B(O)O)c2)cc1Cl. The van der Waals surface area contributed by atoms with Gasteiger partial charge >= 0.3 is 7.12 Å². The number of hydrogen-bond donors (Lipinski definition) is 3. The van der Waals surface area contributed by atoms with Crippen LogP contribution in [0.4, 0.5) is 10.1 Å². The molecule has 0 radical (unpaired) electrons. The zero-order valence-corrected chi connectivity index (χ0v) is 11.9. The molecule has 0 saturated carbocycles. The van der Waals surface area contributed by atoms with Crippen LogP contribution in [0.15, 0.2) is 36.4 Å². The molecule has 0 aliphatic rings. The highest BCUT2D eigenvalue weighted by Crippen LogP contribution is 2.20. The third-order valence-electron chi connectivity index (χ3n) is 2.97. The standard InChI is InChI=1S/C14H12BClFNO3/c1-8-2-4-10(7-12(8)16)18-14(19)9-3-5-13(17)11(6-9)15(20)21/h2-7,20-21H,1H3,(H,18,19). The molecule has 0 spiro atoms. The normalized spacial score (nSPS) is 10.3. The Morgan fingerprint density at radius 3 is 2.57 bits per heavy atom. The first-order valence-electron chi connectivity index (χ1n) is 6.11. The van der Waals surface area contributed by atoms with Crippen molar-refractivity contribution in [2.45, 2.75) is 6.92 Å². The van der Waals surface area contributed by atoms with Gasteiger partial charge in [-0.3, -0.25) is 4.79 Å². The van der Waals surface area contributed by atoms with Crippen LogP contribution in [-0.4, -0.2) is 23.1 Å². The van der Waals surface area contributed by atoms with Crippen molar-refractivity contribution in [3.05, 3.63) is 58.4 Å². The van der Waals surface area contributed by atoms with Gasteiger partial charge in [-0.25, -0.2) is 4.39 Å². The second-order valence-corrected chi connectivity index (χ2v) is 4.94. The lowest BCUT2D eigenvalue weighted by atomic mass is 9.79. The first-order chi connectivity index (χ1) is 9.88. The van der Waals surface area contributed by atoms with Gasteiger partial charge in [0.1, 0.15) is 5.82 Å². The van der Waals surface area contributed by atoms with Crippen molar-refractivity contribution in [3.63, 3.8) is 0 Å². The number of nitrogens with one attached hydrogen (secondary N) is 1. The molecule has 21 heavy (non-hydrogen) atoms. The summed E-state index contributed by atoms with van der Waals surface area (Å²) in [6.45, 7) is 1.84. The summed E-state index contributed by atoms with van der Waals surface area (Å²) in [6, 6.07) is 8.39. The van der Waals surface area contributed by atoms with Crippen molar-refractivity contribution in [2.24, 2.45) is 0 Å². The van der Waals surface area contributed by atoms with Crippen LogP contribution >= 0.6 is 11.6 Å². The molecule has 4 nitrogen and oxygen atoms in total. The minimum Gasteiger partial charge on any atom is -0.423 e. The Bertz CT molecular complexity index is 694. The van der Waals surface area contributed by atoms with Crippen molar-refractivity contribution in [3.8, 4) is 0 Å². The average Bonchev–Trinajstić information content (AvgIpc) is 2.43. The Balaban J connectivity index is 2.24. The molecule has 2 aromatic carbocycles. The van der Waals surface area contributed by atoms with E-state index in [0.29, 0.717) is 10.7 Å². The Morgan fingerprint density at radius 2 is 1.95 bits per heavy atom. The molecule has 0 fully saturated rings. The molecule has 1 amide bonds. The van der Waals surface area contributed by atoms with Gasteiger partial charge in [-0.05, 0) is 42.8 Å². The third kappa shape index (κ3) is 3.61. The number of benzene rings is 2. The molecule has 0 aliphatic heterocycles. The van der Waals surface area contributed by atoms with E-state index in [-0.39, 0.29) is 11.0 Å². The quantitative estimate of drug-likeness (QED) is 0.756. The average molecular weight is 308 g/mol. The first-order valence-corrected chi connectivity index (χ1v) is 6.49. The molecular weight excluding hydrogens is 295 g/mol. The molecule has 2 rings (SSSR count). The molecule has 0 aliphatic carbocycles. The predicted octanol–water partition coefficient (Wildman–Crippen LogP) is 1.72. The summed E-state index contributed by atoms with van der Waals surface area (Å²) in [6.07, 6.45) is 0. The van der Waals surface area contributed by atoms with Gasteiger partial charge in [0.05, 0.1) is 0 Å². The van der Waals surface area contributed by atoms with Crippen LogP contribution in [0.2, 0.25) is 5.02 Å². The largest absolute Gasteiger partial charge is 0.491 e. The Labute approximate surface area is 126 Å². The van der Waals surface area contributed by atoms with Crippen molar-refractivity contribution in [2.75, 3.05) is 5.32 Å². The summed E-state index contributed by atoms with van der Waals surface area (Å²) in [5, 5.41) is 21.2. The second-order valence-electron chi connectivity index (χ2n) is 4.53. The van der Waals surface area contributed by atoms with E-state index >= 15 is 0 Å². The van der Waals surface area contributed by atoms with E-state index < -0.39 is 18.8 Å². The van der Waals surface area contributed by atoms with Gasteiger partial charge in [-0.15, -0.1) is 0 Å². The molecule has 0 unspecified atom stereocenters. The predicted molar refractivity (Wildman–Crippen MR) is 80.4 cm³/mol. The van der Waals surface area contributed by atoms with Gasteiger partial charge in [0.2, 0.25) is 0 Å². The monoisotopic (exact) mass is 307 g/mol. The fraction of sp³-hybridized carbons (Fsp3) is 0.0714. The van der Waals surface area contributed by atoms with E-state index in [1.807, 2.05) is 6.92 Å². The smallest absolute Gasteiger partial charge is 0.423 e. The van der Waals surface area contributed by atoms with E-state index in [1.54, 1.807) is 18.2 Å². The Kier molecular flexibility index (Phi) is 4.62. The number of hydrogen-bond acceptors (Lipinski definition) is 3. The van der Waals surface area contributed by atoms with E-state index in [2.05, 4.69) is 5.32 Å². The lowest BCUT2D eigenvalue weighted by Crippen LogP contribution is -2.33. The molecule has 108 valence electrons. The lowest BCUT2D eigenvalue weighted by molar-refractivity contribution is 0.102. The van der Waals surface area contributed by atoms with Crippen LogP contribution in [0.3, 0.4) is 0 Å². The summed E-state index contributed by atoms with van der Waals surface area (Å²) in [5.74, 6) is -1.29. The molecule has 0 atom stereocenters. The highest BCUT2D eigenvalue weighted by molar-refractivity contribution is 6.58. The number of rotatable bonds is 3. The molecule has 0 aromatic heterocycles. The van der Waals surface area contributed by atoms with Crippen LogP contribution in [0.25, 0.3) is 0 Å². The first kappa shape index (κ1) is 15.5. The lowest BCUT2D eigenvalue weighted by Gasteiger charge is -2.08. The van der Waals surface area contributed by atoms with E-state index in [1.165, 1.54) is 6.07 Å². The Hall–Kier alpha value is -1.89. The summed E-state index contributed by atoms with van der Waals surface area (Å²) < 4.78 is 13.3. The number of halogens is 2. The molecule has 0 heterocycles. The van der Waals surface area contributed by atoms with Crippen LogP contribution in [0.5, 0.6) is 0 Å². The van der Waals surface area contributed by atoms with Gasteiger partial charge in [0, 0.05) is 21.7 Å². The van der Waals surface area contributed by atoms with Crippen LogP contribution in [0.1, 0.15) is 15.9 Å². The maximum absolute atomic E-state index is 13.3. The zero-order chi connectivity index (χ0) is 15.6. The highest BCUT2D eigenvalue weighted by atomic mass is 35.5. The summed E-state index contributed by atoms with van der Waals surface area (Å²) in [5.41, 5.74) is 1.12. The van der Waals surface area contributed by atoms with Crippen molar-refractivity contribution in [1.82, 2.24) is 0 Å². The molecule has 0 bridgehead atoms. The van der Waals surface area contributed by atoms with Crippen LogP contribution in [-0.2, 0) is 0 Å². The zero-order valence-electron chi connectivity index (χ0n) is 11.1. The molecule has 7 heteroatoms. The second kappa shape index (κ2) is 6.26. The van der Waals surface area contributed by atoms with Gasteiger partial charge in [0.15, 0.2) is 0 Å². The van der Waals surface area contributed by atoms with Gasteiger partial charge < -0.3 is 15.4 Å². The third-order valence-corrected chi connectivity index (χ3v) is 3.37. The van der Waals surface area contributed by atoms with E-state index in [0.717, 1.165) is 17.7 Å². The fourth-order valence-electron chi connectivity index (χ4n) is 1.76. The van der Waals surface area contributed by atoms with E-state index in [4.69, 9.17) is 21.6 Å². The summed E-state index contributed by atoms with van der Waals surface area (Å²) >= 11 is 5.96. The number of aryl methyl sites for hydroxylation is 1. The Morgan fingerprint density at radius 1 is 1.24 bits per heavy atom. The maximum Gasteiger partial charge on any atom is 0.491 e. The van der Waals surface area contributed by atoms with E-state index in [9.17, 15) is 9.18 Å². The van der Waals surface area contributed by atoms with Crippen LogP contribution in [0, 0.1) is 12.7 Å². The fourth-order valence-corrected chi connectivity index (χ4v) is 1.94. The van der Waals surface area contributed by atoms with Crippen molar-refractivity contribution < 1.29 is 19.2 Å². The summed E-state index contributed by atoms with van der Waals surface area (Å²) in [7, 11) is -1.98. The molecule has 3 N–H and O–H groups in total. The summed E-state index contributed by atoms with van der Waals surface area (Å²) in [4.78, 5) is 12.1. The number of amides is 1. The topological polar surface area (TPSA) is 69.6 Å². The minimum absolute atomic E-state index is 0.108. The number of carbonyl (C=O) groups is 1. The highest BCUT2D eigenvalue weighted by Gasteiger charge is 2.19. The van der Waals surface area contributed by atoms with Crippen molar-refractivity contribution >= 4 is 35.8 Å². The van der Waals surface area contributed by atoms with Gasteiger partial charge in [-0.1, -0.05) is 17.7 Å². The molecule has 2 aromatic rings. The van der Waals surface area contributed by atoms with Gasteiger partial charge in [0.25, 0.3) is 5.91 Å². The number of anilines is 1. The molecular formula is C14H12BClFNO3. The number of carbonyl (C=O) groups excluding carboxylic acids is 1. The maximum atomic E-state index is 13.3. The van der Waals surface area contributed by atoms with Crippen molar-refractivity contribution in [1.29, 1.82) is 0 Å². The molecule has 0 saturated heterocycles. The minimum atomic E-state index is -1.98. The van der Waals surface area contributed by atoms with Gasteiger partial charge in [-0.2, -0.15) is 0 Å². The van der Waals surface area contributed by atoms with Crippen LogP contribution < -0.4 is 10.8 Å².